The molecule has 1 aromatic carbocycles. The molecule has 0 spiro atoms. The Morgan fingerprint density at radius 1 is 1.10 bits per heavy atom. The van der Waals surface area contributed by atoms with Crippen LogP contribution in [0.4, 0.5) is 5.69 Å². The summed E-state index contributed by atoms with van der Waals surface area (Å²) in [6.45, 7) is 2.45. The van der Waals surface area contributed by atoms with Crippen LogP contribution < -0.4 is 10.6 Å². The summed E-state index contributed by atoms with van der Waals surface area (Å²) in [5, 5.41) is 6.27. The number of rotatable bonds is 4. The standard InChI is InChI=1S/C16H19ClN2O2/c1-2-18-15(20)13-5-3-4-6-14(13)16(21)19-12-9-7-11(17)8-10-12/h3-4,7-10,13-14H,2,5-6H2,1H3,(H,18,20)(H,19,21). The molecule has 0 aliphatic heterocycles. The first kappa shape index (κ1) is 15.6. The fraction of sp³-hybridized carbons (Fsp3) is 0.375. The summed E-state index contributed by atoms with van der Waals surface area (Å²) in [6, 6.07) is 6.94. The molecule has 0 bridgehead atoms. The van der Waals surface area contributed by atoms with Gasteiger partial charge in [-0.15, -0.1) is 0 Å². The van der Waals surface area contributed by atoms with E-state index in [-0.39, 0.29) is 23.7 Å². The predicted molar refractivity (Wildman–Crippen MR) is 84.1 cm³/mol. The topological polar surface area (TPSA) is 58.2 Å². The van der Waals surface area contributed by atoms with E-state index in [1.165, 1.54) is 0 Å². The molecule has 2 rings (SSSR count). The zero-order valence-electron chi connectivity index (χ0n) is 11.9. The second-order valence-corrected chi connectivity index (χ2v) is 5.48. The van der Waals surface area contributed by atoms with Crippen LogP contribution in [0.2, 0.25) is 5.02 Å². The van der Waals surface area contributed by atoms with Crippen molar-refractivity contribution in [2.24, 2.45) is 11.8 Å². The Balaban J connectivity index is 2.06. The lowest BCUT2D eigenvalue weighted by Gasteiger charge is -2.26. The maximum absolute atomic E-state index is 12.4. The third kappa shape index (κ3) is 4.08. The zero-order valence-corrected chi connectivity index (χ0v) is 12.7. The smallest absolute Gasteiger partial charge is 0.228 e. The van der Waals surface area contributed by atoms with Crippen molar-refractivity contribution in [1.82, 2.24) is 5.32 Å². The zero-order chi connectivity index (χ0) is 15.2. The van der Waals surface area contributed by atoms with Gasteiger partial charge in [0, 0.05) is 17.3 Å². The molecule has 112 valence electrons. The van der Waals surface area contributed by atoms with Crippen LogP contribution in [0.15, 0.2) is 36.4 Å². The Morgan fingerprint density at radius 2 is 1.67 bits per heavy atom. The summed E-state index contributed by atoms with van der Waals surface area (Å²) >= 11 is 5.82. The SMILES string of the molecule is CCNC(=O)C1CC=CCC1C(=O)Nc1ccc(Cl)cc1. The summed E-state index contributed by atoms with van der Waals surface area (Å²) < 4.78 is 0. The molecule has 2 amide bonds. The van der Waals surface area contributed by atoms with Gasteiger partial charge in [0.2, 0.25) is 11.8 Å². The summed E-state index contributed by atoms with van der Waals surface area (Å²) in [5.41, 5.74) is 0.689. The highest BCUT2D eigenvalue weighted by molar-refractivity contribution is 6.30. The molecule has 1 aliphatic rings. The van der Waals surface area contributed by atoms with Crippen molar-refractivity contribution < 1.29 is 9.59 Å². The van der Waals surface area contributed by atoms with Crippen LogP contribution in [-0.2, 0) is 9.59 Å². The largest absolute Gasteiger partial charge is 0.356 e. The Morgan fingerprint density at radius 3 is 2.24 bits per heavy atom. The number of hydrogen-bond donors (Lipinski definition) is 2. The highest BCUT2D eigenvalue weighted by atomic mass is 35.5. The van der Waals surface area contributed by atoms with Crippen molar-refractivity contribution in [1.29, 1.82) is 0 Å². The van der Waals surface area contributed by atoms with Gasteiger partial charge in [0.25, 0.3) is 0 Å². The molecule has 0 heterocycles. The molecular formula is C16H19ClN2O2. The summed E-state index contributed by atoms with van der Waals surface area (Å²) in [5.74, 6) is -0.824. The number of nitrogens with one attached hydrogen (secondary N) is 2. The summed E-state index contributed by atoms with van der Waals surface area (Å²) in [6.07, 6.45) is 5.11. The number of carbonyl (C=O) groups is 2. The molecular weight excluding hydrogens is 288 g/mol. The van der Waals surface area contributed by atoms with E-state index in [1.54, 1.807) is 24.3 Å². The van der Waals surface area contributed by atoms with Crippen molar-refractivity contribution >= 4 is 29.1 Å². The normalized spacial score (nSPS) is 20.9. The number of carbonyl (C=O) groups excluding carboxylic acids is 2. The van der Waals surface area contributed by atoms with Crippen LogP contribution in [0.1, 0.15) is 19.8 Å². The molecule has 21 heavy (non-hydrogen) atoms. The molecule has 0 saturated heterocycles. The number of anilines is 1. The lowest BCUT2D eigenvalue weighted by atomic mass is 9.81. The van der Waals surface area contributed by atoms with Crippen LogP contribution in [0, 0.1) is 11.8 Å². The minimum Gasteiger partial charge on any atom is -0.356 e. The average Bonchev–Trinajstić information content (AvgIpc) is 2.50. The van der Waals surface area contributed by atoms with E-state index in [1.807, 2.05) is 19.1 Å². The van der Waals surface area contributed by atoms with Crippen molar-refractivity contribution in [3.8, 4) is 0 Å². The predicted octanol–water partition coefficient (Wildman–Crippen LogP) is 3.00. The van der Waals surface area contributed by atoms with Crippen LogP contribution in [-0.4, -0.2) is 18.4 Å². The summed E-state index contributed by atoms with van der Waals surface area (Å²) in [4.78, 5) is 24.5. The van der Waals surface area contributed by atoms with Crippen molar-refractivity contribution in [2.45, 2.75) is 19.8 Å². The molecule has 2 atom stereocenters. The van der Waals surface area contributed by atoms with Gasteiger partial charge in [0.05, 0.1) is 11.8 Å². The Labute approximate surface area is 129 Å². The van der Waals surface area contributed by atoms with Crippen LogP contribution in [0.3, 0.4) is 0 Å². The molecule has 2 N–H and O–H groups in total. The maximum atomic E-state index is 12.4. The molecule has 1 aliphatic carbocycles. The quantitative estimate of drug-likeness (QED) is 0.840. The van der Waals surface area contributed by atoms with Gasteiger partial charge in [0.1, 0.15) is 0 Å². The second kappa shape index (κ2) is 7.27. The van der Waals surface area contributed by atoms with E-state index in [0.29, 0.717) is 30.1 Å². The van der Waals surface area contributed by atoms with Gasteiger partial charge in [-0.2, -0.15) is 0 Å². The van der Waals surface area contributed by atoms with Gasteiger partial charge >= 0.3 is 0 Å². The molecule has 0 radical (unpaired) electrons. The van der Waals surface area contributed by atoms with Crippen LogP contribution >= 0.6 is 11.6 Å². The average molecular weight is 307 g/mol. The molecule has 0 fully saturated rings. The number of halogens is 1. The van der Waals surface area contributed by atoms with Gasteiger partial charge in [0.15, 0.2) is 0 Å². The fourth-order valence-electron chi connectivity index (χ4n) is 2.47. The van der Waals surface area contributed by atoms with Gasteiger partial charge in [-0.3, -0.25) is 9.59 Å². The van der Waals surface area contributed by atoms with E-state index in [9.17, 15) is 9.59 Å². The Hall–Kier alpha value is -1.81. The second-order valence-electron chi connectivity index (χ2n) is 5.05. The first-order valence-corrected chi connectivity index (χ1v) is 7.48. The van der Waals surface area contributed by atoms with Gasteiger partial charge < -0.3 is 10.6 Å². The van der Waals surface area contributed by atoms with Gasteiger partial charge in [-0.25, -0.2) is 0 Å². The van der Waals surface area contributed by atoms with Crippen molar-refractivity contribution in [2.75, 3.05) is 11.9 Å². The lowest BCUT2D eigenvalue weighted by Crippen LogP contribution is -2.40. The van der Waals surface area contributed by atoms with Crippen molar-refractivity contribution in [3.05, 3.63) is 41.4 Å². The van der Waals surface area contributed by atoms with Crippen LogP contribution in [0.25, 0.3) is 0 Å². The number of amides is 2. The molecule has 1 aromatic rings. The first-order valence-electron chi connectivity index (χ1n) is 7.11. The Kier molecular flexibility index (Phi) is 5.39. The minimum atomic E-state index is -0.336. The minimum absolute atomic E-state index is 0.0573. The molecule has 2 unspecified atom stereocenters. The van der Waals surface area contributed by atoms with Gasteiger partial charge in [-0.05, 0) is 44.0 Å². The number of benzene rings is 1. The third-order valence-corrected chi connectivity index (χ3v) is 3.82. The lowest BCUT2D eigenvalue weighted by molar-refractivity contribution is -0.132. The number of hydrogen-bond acceptors (Lipinski definition) is 2. The highest BCUT2D eigenvalue weighted by Gasteiger charge is 2.33. The molecule has 0 aromatic heterocycles. The molecule has 0 saturated carbocycles. The summed E-state index contributed by atoms with van der Waals surface area (Å²) in [7, 11) is 0. The number of allylic oxidation sites excluding steroid dienone is 2. The van der Waals surface area contributed by atoms with Crippen LogP contribution in [0.5, 0.6) is 0 Å². The Bertz CT molecular complexity index is 540. The van der Waals surface area contributed by atoms with E-state index in [4.69, 9.17) is 11.6 Å². The monoisotopic (exact) mass is 306 g/mol. The molecule has 4 nitrogen and oxygen atoms in total. The highest BCUT2D eigenvalue weighted by Crippen LogP contribution is 2.27. The van der Waals surface area contributed by atoms with Crippen molar-refractivity contribution in [3.63, 3.8) is 0 Å². The van der Waals surface area contributed by atoms with E-state index >= 15 is 0 Å². The van der Waals surface area contributed by atoms with E-state index < -0.39 is 0 Å². The van der Waals surface area contributed by atoms with E-state index in [0.717, 1.165) is 0 Å². The molecule has 5 heteroatoms. The van der Waals surface area contributed by atoms with Gasteiger partial charge in [-0.1, -0.05) is 23.8 Å². The van der Waals surface area contributed by atoms with E-state index in [2.05, 4.69) is 10.6 Å². The first-order chi connectivity index (χ1) is 10.1. The maximum Gasteiger partial charge on any atom is 0.228 e. The fourth-order valence-corrected chi connectivity index (χ4v) is 2.59. The third-order valence-electron chi connectivity index (χ3n) is 3.57.